The molecular weight excluding hydrogens is 220 g/mol. The van der Waals surface area contributed by atoms with E-state index in [1.807, 2.05) is 0 Å². The average Bonchev–Trinajstić information content (AvgIpc) is 2.29. The number of benzene rings is 1. The molecule has 1 rings (SSSR count). The standard InChI is InChI=1S/C16H28N2/c1-11(2)9-17-15-7-8-16(14(6)13(15)5)18-10-12(3)4/h7-8,11-12,17-18H,9-10H2,1-6H3. The summed E-state index contributed by atoms with van der Waals surface area (Å²) in [5, 5.41) is 7.04. The molecule has 0 fully saturated rings. The minimum Gasteiger partial charge on any atom is -0.385 e. The Morgan fingerprint density at radius 1 is 0.778 bits per heavy atom. The highest BCUT2D eigenvalue weighted by Crippen LogP contribution is 2.26. The number of hydrogen-bond acceptors (Lipinski definition) is 2. The molecule has 0 heterocycles. The zero-order valence-corrected chi connectivity index (χ0v) is 12.7. The van der Waals surface area contributed by atoms with Gasteiger partial charge in [-0.1, -0.05) is 27.7 Å². The molecule has 0 atom stereocenters. The van der Waals surface area contributed by atoms with E-state index in [0.717, 1.165) is 13.1 Å². The molecule has 18 heavy (non-hydrogen) atoms. The first kappa shape index (κ1) is 14.9. The van der Waals surface area contributed by atoms with Gasteiger partial charge in [-0.15, -0.1) is 0 Å². The van der Waals surface area contributed by atoms with Crippen molar-refractivity contribution in [1.82, 2.24) is 0 Å². The van der Waals surface area contributed by atoms with Crippen LogP contribution in [0.5, 0.6) is 0 Å². The molecule has 0 radical (unpaired) electrons. The molecule has 2 N–H and O–H groups in total. The quantitative estimate of drug-likeness (QED) is 0.777. The van der Waals surface area contributed by atoms with Crippen molar-refractivity contribution in [3.05, 3.63) is 23.3 Å². The third-order valence-corrected chi connectivity index (χ3v) is 3.19. The van der Waals surface area contributed by atoms with Gasteiger partial charge in [0.1, 0.15) is 0 Å². The van der Waals surface area contributed by atoms with Crippen LogP contribution in [-0.2, 0) is 0 Å². The molecular formula is C16H28N2. The maximum atomic E-state index is 3.52. The van der Waals surface area contributed by atoms with Gasteiger partial charge in [0.05, 0.1) is 0 Å². The van der Waals surface area contributed by atoms with E-state index in [1.165, 1.54) is 22.5 Å². The van der Waals surface area contributed by atoms with E-state index in [1.54, 1.807) is 0 Å². The molecule has 0 aliphatic heterocycles. The lowest BCUT2D eigenvalue weighted by Crippen LogP contribution is -2.12. The fourth-order valence-corrected chi connectivity index (χ4v) is 1.83. The van der Waals surface area contributed by atoms with E-state index < -0.39 is 0 Å². The maximum Gasteiger partial charge on any atom is 0.0374 e. The molecule has 0 aliphatic rings. The Hall–Kier alpha value is -1.18. The molecule has 2 heteroatoms. The van der Waals surface area contributed by atoms with Crippen molar-refractivity contribution in [3.8, 4) is 0 Å². The zero-order chi connectivity index (χ0) is 13.7. The molecule has 1 aromatic carbocycles. The van der Waals surface area contributed by atoms with E-state index in [2.05, 4.69) is 64.3 Å². The van der Waals surface area contributed by atoms with E-state index >= 15 is 0 Å². The van der Waals surface area contributed by atoms with Gasteiger partial charge in [-0.05, 0) is 48.9 Å². The largest absolute Gasteiger partial charge is 0.385 e. The number of rotatable bonds is 6. The van der Waals surface area contributed by atoms with Crippen LogP contribution in [0.1, 0.15) is 38.8 Å². The van der Waals surface area contributed by atoms with Crippen LogP contribution in [0.15, 0.2) is 12.1 Å². The van der Waals surface area contributed by atoms with Gasteiger partial charge >= 0.3 is 0 Å². The van der Waals surface area contributed by atoms with Crippen LogP contribution < -0.4 is 10.6 Å². The Labute approximate surface area is 112 Å². The predicted octanol–water partition coefficient (Wildman–Crippen LogP) is 4.44. The van der Waals surface area contributed by atoms with Crippen LogP contribution in [0.2, 0.25) is 0 Å². The second-order valence-electron chi connectivity index (χ2n) is 5.96. The Morgan fingerprint density at radius 2 is 1.11 bits per heavy atom. The van der Waals surface area contributed by atoms with E-state index in [4.69, 9.17) is 0 Å². The van der Waals surface area contributed by atoms with Crippen LogP contribution in [0.4, 0.5) is 11.4 Å². The summed E-state index contributed by atoms with van der Waals surface area (Å²) in [5.41, 5.74) is 5.22. The van der Waals surface area contributed by atoms with Gasteiger partial charge in [0, 0.05) is 24.5 Å². The van der Waals surface area contributed by atoms with Gasteiger partial charge in [0.15, 0.2) is 0 Å². The second kappa shape index (κ2) is 6.67. The third-order valence-electron chi connectivity index (χ3n) is 3.19. The highest BCUT2D eigenvalue weighted by atomic mass is 14.9. The highest BCUT2D eigenvalue weighted by molar-refractivity contribution is 5.64. The van der Waals surface area contributed by atoms with Crippen LogP contribution >= 0.6 is 0 Å². The van der Waals surface area contributed by atoms with E-state index in [0.29, 0.717) is 11.8 Å². The molecule has 0 amide bonds. The first-order valence-corrected chi connectivity index (χ1v) is 6.99. The first-order chi connectivity index (χ1) is 8.41. The lowest BCUT2D eigenvalue weighted by atomic mass is 10.0. The summed E-state index contributed by atoms with van der Waals surface area (Å²) in [6, 6.07) is 4.38. The molecule has 0 aliphatic carbocycles. The average molecular weight is 248 g/mol. The van der Waals surface area contributed by atoms with Crippen LogP contribution in [0.3, 0.4) is 0 Å². The Balaban J connectivity index is 2.77. The van der Waals surface area contributed by atoms with Gasteiger partial charge in [0.2, 0.25) is 0 Å². The zero-order valence-electron chi connectivity index (χ0n) is 12.7. The minimum absolute atomic E-state index is 0.670. The van der Waals surface area contributed by atoms with E-state index in [-0.39, 0.29) is 0 Å². The van der Waals surface area contributed by atoms with Gasteiger partial charge < -0.3 is 10.6 Å². The molecule has 0 bridgehead atoms. The summed E-state index contributed by atoms with van der Waals surface area (Å²) in [6.07, 6.45) is 0. The van der Waals surface area contributed by atoms with Gasteiger partial charge in [-0.3, -0.25) is 0 Å². The van der Waals surface area contributed by atoms with Crippen molar-refractivity contribution in [2.75, 3.05) is 23.7 Å². The molecule has 0 saturated heterocycles. The first-order valence-electron chi connectivity index (χ1n) is 6.99. The van der Waals surface area contributed by atoms with Crippen molar-refractivity contribution >= 4 is 11.4 Å². The monoisotopic (exact) mass is 248 g/mol. The maximum absolute atomic E-state index is 3.52. The Morgan fingerprint density at radius 3 is 1.39 bits per heavy atom. The minimum atomic E-state index is 0.670. The lowest BCUT2D eigenvalue weighted by Gasteiger charge is -2.18. The Kier molecular flexibility index (Phi) is 5.52. The normalized spacial score (nSPS) is 11.1. The van der Waals surface area contributed by atoms with Gasteiger partial charge in [-0.2, -0.15) is 0 Å². The molecule has 102 valence electrons. The predicted molar refractivity (Wildman–Crippen MR) is 82.6 cm³/mol. The van der Waals surface area contributed by atoms with Crippen LogP contribution in [-0.4, -0.2) is 13.1 Å². The smallest absolute Gasteiger partial charge is 0.0374 e. The molecule has 0 saturated carbocycles. The van der Waals surface area contributed by atoms with Gasteiger partial charge in [0.25, 0.3) is 0 Å². The molecule has 0 unspecified atom stereocenters. The summed E-state index contributed by atoms with van der Waals surface area (Å²) in [7, 11) is 0. The van der Waals surface area contributed by atoms with Crippen LogP contribution in [0, 0.1) is 25.7 Å². The van der Waals surface area contributed by atoms with Crippen molar-refractivity contribution in [1.29, 1.82) is 0 Å². The number of hydrogen-bond donors (Lipinski definition) is 2. The number of anilines is 2. The van der Waals surface area contributed by atoms with Crippen molar-refractivity contribution in [3.63, 3.8) is 0 Å². The van der Waals surface area contributed by atoms with Crippen molar-refractivity contribution in [2.24, 2.45) is 11.8 Å². The van der Waals surface area contributed by atoms with Gasteiger partial charge in [-0.25, -0.2) is 0 Å². The summed E-state index contributed by atoms with van der Waals surface area (Å²) in [6.45, 7) is 15.4. The van der Waals surface area contributed by atoms with Crippen LogP contribution in [0.25, 0.3) is 0 Å². The van der Waals surface area contributed by atoms with Crippen molar-refractivity contribution in [2.45, 2.75) is 41.5 Å². The number of nitrogens with one attached hydrogen (secondary N) is 2. The topological polar surface area (TPSA) is 24.1 Å². The fourth-order valence-electron chi connectivity index (χ4n) is 1.83. The van der Waals surface area contributed by atoms with Crippen molar-refractivity contribution < 1.29 is 0 Å². The molecule has 0 aromatic heterocycles. The lowest BCUT2D eigenvalue weighted by molar-refractivity contribution is 0.687. The highest BCUT2D eigenvalue weighted by Gasteiger charge is 2.06. The molecule has 2 nitrogen and oxygen atoms in total. The Bertz CT molecular complexity index is 344. The van der Waals surface area contributed by atoms with E-state index in [9.17, 15) is 0 Å². The second-order valence-corrected chi connectivity index (χ2v) is 5.96. The SMILES string of the molecule is Cc1c(NCC(C)C)ccc(NCC(C)C)c1C. The summed E-state index contributed by atoms with van der Waals surface area (Å²) < 4.78 is 0. The summed E-state index contributed by atoms with van der Waals surface area (Å²) >= 11 is 0. The fraction of sp³-hybridized carbons (Fsp3) is 0.625. The molecule has 0 spiro atoms. The summed E-state index contributed by atoms with van der Waals surface area (Å²) in [5.74, 6) is 1.34. The molecule has 1 aromatic rings. The third kappa shape index (κ3) is 4.25. The summed E-state index contributed by atoms with van der Waals surface area (Å²) in [4.78, 5) is 0.